The maximum atomic E-state index is 11.6. The summed E-state index contributed by atoms with van der Waals surface area (Å²) in [7, 11) is 1.88. The zero-order valence-electron chi connectivity index (χ0n) is 15.6. The van der Waals surface area contributed by atoms with Crippen LogP contribution in [0.3, 0.4) is 0 Å². The quantitative estimate of drug-likeness (QED) is 0.259. The molecule has 1 atom stereocenters. The van der Waals surface area contributed by atoms with E-state index in [1.165, 1.54) is 4.90 Å². The van der Waals surface area contributed by atoms with E-state index in [1.807, 2.05) is 26.4 Å². The minimum absolute atomic E-state index is 0. The van der Waals surface area contributed by atoms with Gasteiger partial charge in [0.25, 0.3) is 0 Å². The molecule has 2 fully saturated rings. The van der Waals surface area contributed by atoms with Gasteiger partial charge in [0.2, 0.25) is 5.91 Å². The van der Waals surface area contributed by atoms with Crippen LogP contribution in [-0.4, -0.2) is 83.4 Å². The average Bonchev–Trinajstić information content (AvgIpc) is 3.21. The summed E-state index contributed by atoms with van der Waals surface area (Å²) in [6.07, 6.45) is 3.71. The van der Waals surface area contributed by atoms with Crippen molar-refractivity contribution in [2.75, 3.05) is 45.9 Å². The van der Waals surface area contributed by atoms with Crippen LogP contribution in [0.25, 0.3) is 0 Å². The molecular weight excluding hydrogens is 465 g/mol. The second-order valence-electron chi connectivity index (χ2n) is 6.19. The Bertz CT molecular complexity index is 677. The molecule has 0 bridgehead atoms. The molecule has 0 aromatic carbocycles. The number of nitrogens with one attached hydrogen (secondary N) is 2. The number of hydrogen-bond acceptors (Lipinski definition) is 5. The number of carbonyl (C=O) groups is 2. The van der Waals surface area contributed by atoms with Gasteiger partial charge in [-0.05, 0) is 6.92 Å². The number of aliphatic imine (C=N–C) groups is 1. The molecule has 1 aromatic heterocycles. The van der Waals surface area contributed by atoms with Gasteiger partial charge >= 0.3 is 6.03 Å². The number of aromatic nitrogens is 2. The lowest BCUT2D eigenvalue weighted by atomic mass is 10.1. The summed E-state index contributed by atoms with van der Waals surface area (Å²) in [4.78, 5) is 31.1. The lowest BCUT2D eigenvalue weighted by Crippen LogP contribution is -2.48. The third kappa shape index (κ3) is 5.31. The average molecular weight is 491 g/mol. The lowest BCUT2D eigenvalue weighted by Gasteiger charge is -2.34. The van der Waals surface area contributed by atoms with Gasteiger partial charge in [-0.1, -0.05) is 0 Å². The molecule has 1 aromatic rings. The van der Waals surface area contributed by atoms with Crippen molar-refractivity contribution in [1.82, 2.24) is 30.2 Å². The van der Waals surface area contributed by atoms with Gasteiger partial charge in [0.05, 0.1) is 39.0 Å². The number of morpholine rings is 1. The highest BCUT2D eigenvalue weighted by Gasteiger charge is 2.28. The second-order valence-corrected chi connectivity index (χ2v) is 6.19. The van der Waals surface area contributed by atoms with E-state index in [1.54, 1.807) is 4.68 Å². The number of imide groups is 1. The van der Waals surface area contributed by atoms with Crippen molar-refractivity contribution in [3.05, 3.63) is 18.0 Å². The van der Waals surface area contributed by atoms with Gasteiger partial charge in [0.15, 0.2) is 5.96 Å². The Balaban J connectivity index is 0.00000261. The van der Waals surface area contributed by atoms with Crippen molar-refractivity contribution >= 4 is 41.9 Å². The number of halogens is 1. The molecule has 10 nitrogen and oxygen atoms in total. The molecular formula is C16H26IN7O3. The van der Waals surface area contributed by atoms with Crippen molar-refractivity contribution in [3.63, 3.8) is 0 Å². The van der Waals surface area contributed by atoms with E-state index >= 15 is 0 Å². The van der Waals surface area contributed by atoms with E-state index in [0.717, 1.165) is 24.6 Å². The number of hydrogen-bond donors (Lipinski definition) is 2. The number of guanidine groups is 1. The van der Waals surface area contributed by atoms with Gasteiger partial charge in [-0.2, -0.15) is 5.10 Å². The summed E-state index contributed by atoms with van der Waals surface area (Å²) < 4.78 is 7.63. The predicted octanol–water partition coefficient (Wildman–Crippen LogP) is -0.0713. The Morgan fingerprint density at radius 3 is 2.93 bits per heavy atom. The minimum Gasteiger partial charge on any atom is -0.370 e. The molecule has 2 saturated heterocycles. The van der Waals surface area contributed by atoms with Crippen LogP contribution in [0.15, 0.2) is 17.4 Å². The second kappa shape index (κ2) is 9.88. The Morgan fingerprint density at radius 1 is 1.48 bits per heavy atom. The molecule has 3 rings (SSSR count). The maximum absolute atomic E-state index is 11.6. The number of urea groups is 1. The molecule has 3 amide bonds. The smallest absolute Gasteiger partial charge is 0.324 e. The molecule has 150 valence electrons. The monoisotopic (exact) mass is 491 g/mol. The van der Waals surface area contributed by atoms with Crippen molar-refractivity contribution in [2.24, 2.45) is 12.0 Å². The molecule has 2 N–H and O–H groups in total. The van der Waals surface area contributed by atoms with Crippen LogP contribution in [0.2, 0.25) is 0 Å². The van der Waals surface area contributed by atoms with Crippen molar-refractivity contribution in [1.29, 1.82) is 0 Å². The van der Waals surface area contributed by atoms with Gasteiger partial charge in [0.1, 0.15) is 6.10 Å². The highest BCUT2D eigenvalue weighted by molar-refractivity contribution is 14.0. The van der Waals surface area contributed by atoms with E-state index in [4.69, 9.17) is 4.74 Å². The Morgan fingerprint density at radius 2 is 2.30 bits per heavy atom. The molecule has 0 aliphatic carbocycles. The van der Waals surface area contributed by atoms with Crippen LogP contribution in [0.5, 0.6) is 0 Å². The van der Waals surface area contributed by atoms with Crippen molar-refractivity contribution in [3.8, 4) is 0 Å². The van der Waals surface area contributed by atoms with Gasteiger partial charge < -0.3 is 20.3 Å². The topological polar surface area (TPSA) is 104 Å². The van der Waals surface area contributed by atoms with Crippen molar-refractivity contribution < 1.29 is 14.3 Å². The SMILES string of the molecule is CCNC(=NCCN1C(=O)CNC1=O)N1CCOC(c2cnn(C)c2)C1.I. The van der Waals surface area contributed by atoms with Gasteiger partial charge in [0, 0.05) is 31.9 Å². The predicted molar refractivity (Wildman–Crippen MR) is 110 cm³/mol. The van der Waals surface area contributed by atoms with Gasteiger partial charge in [-0.25, -0.2) is 4.79 Å². The van der Waals surface area contributed by atoms with Crippen LogP contribution in [-0.2, 0) is 16.6 Å². The first-order valence-electron chi connectivity index (χ1n) is 8.80. The van der Waals surface area contributed by atoms with E-state index in [0.29, 0.717) is 19.7 Å². The van der Waals surface area contributed by atoms with Gasteiger partial charge in [-0.3, -0.25) is 19.4 Å². The standard InChI is InChI=1S/C16H25N7O3.HI/c1-3-17-15(18-4-5-23-14(24)9-19-16(23)25)22-6-7-26-13(11-22)12-8-20-21(2)10-12;/h8,10,13H,3-7,9,11H2,1-2H3,(H,17,18)(H,19,25);1H. The fraction of sp³-hybridized carbons (Fsp3) is 0.625. The molecule has 2 aliphatic heterocycles. The summed E-state index contributed by atoms with van der Waals surface area (Å²) in [5, 5.41) is 9.99. The molecule has 1 unspecified atom stereocenters. The largest absolute Gasteiger partial charge is 0.370 e. The van der Waals surface area contributed by atoms with Crippen LogP contribution in [0, 0.1) is 0 Å². The zero-order chi connectivity index (χ0) is 18.5. The van der Waals surface area contributed by atoms with Crippen LogP contribution in [0.4, 0.5) is 4.79 Å². The molecule has 11 heteroatoms. The zero-order valence-corrected chi connectivity index (χ0v) is 17.9. The van der Waals surface area contributed by atoms with Gasteiger partial charge in [-0.15, -0.1) is 24.0 Å². The van der Waals surface area contributed by atoms with E-state index in [2.05, 4.69) is 25.6 Å². The minimum atomic E-state index is -0.349. The number of aryl methyl sites for hydroxylation is 1. The third-order valence-corrected chi connectivity index (χ3v) is 4.32. The highest BCUT2D eigenvalue weighted by atomic mass is 127. The summed E-state index contributed by atoms with van der Waals surface area (Å²) in [5.74, 6) is 0.551. The Labute approximate surface area is 175 Å². The van der Waals surface area contributed by atoms with E-state index in [-0.39, 0.29) is 55.1 Å². The number of rotatable bonds is 5. The summed E-state index contributed by atoms with van der Waals surface area (Å²) in [6.45, 7) is 5.43. The molecule has 3 heterocycles. The van der Waals surface area contributed by atoms with Crippen LogP contribution in [0.1, 0.15) is 18.6 Å². The van der Waals surface area contributed by atoms with E-state index < -0.39 is 0 Å². The van der Waals surface area contributed by atoms with Crippen molar-refractivity contribution in [2.45, 2.75) is 13.0 Å². The number of carbonyl (C=O) groups excluding carboxylic acids is 2. The van der Waals surface area contributed by atoms with E-state index in [9.17, 15) is 9.59 Å². The number of amides is 3. The summed E-state index contributed by atoms with van der Waals surface area (Å²) in [6, 6.07) is -0.349. The third-order valence-electron chi connectivity index (χ3n) is 4.32. The maximum Gasteiger partial charge on any atom is 0.324 e. The first-order chi connectivity index (χ1) is 12.6. The summed E-state index contributed by atoms with van der Waals surface area (Å²) in [5.41, 5.74) is 1.03. The lowest BCUT2D eigenvalue weighted by molar-refractivity contribution is -0.124. The number of nitrogens with zero attached hydrogens (tertiary/aromatic N) is 5. The Kier molecular flexibility index (Phi) is 7.83. The first-order valence-corrected chi connectivity index (χ1v) is 8.80. The molecule has 2 aliphatic rings. The molecule has 27 heavy (non-hydrogen) atoms. The fourth-order valence-electron chi connectivity index (χ4n) is 3.01. The fourth-order valence-corrected chi connectivity index (χ4v) is 3.01. The Hall–Kier alpha value is -1.89. The molecule has 0 spiro atoms. The summed E-state index contributed by atoms with van der Waals surface area (Å²) >= 11 is 0. The van der Waals surface area contributed by atoms with Crippen LogP contribution < -0.4 is 10.6 Å². The normalized spacial score (nSPS) is 20.5. The number of ether oxygens (including phenoxy) is 1. The first kappa shape index (κ1) is 21.4. The highest BCUT2D eigenvalue weighted by Crippen LogP contribution is 2.21. The molecule has 0 radical (unpaired) electrons. The molecule has 0 saturated carbocycles. The van der Waals surface area contributed by atoms with Crippen LogP contribution >= 0.6 is 24.0 Å².